The number of hydrogen-bond donors (Lipinski definition) is 1. The van der Waals surface area contributed by atoms with Crippen molar-refractivity contribution < 1.29 is 0 Å². The summed E-state index contributed by atoms with van der Waals surface area (Å²) in [6.07, 6.45) is 4.72. The highest BCUT2D eigenvalue weighted by atomic mass is 79.9. The average Bonchev–Trinajstić information content (AvgIpc) is 2.78. The van der Waals surface area contributed by atoms with Crippen molar-refractivity contribution in [1.82, 2.24) is 14.9 Å². The molecule has 0 saturated carbocycles. The molecule has 1 unspecified atom stereocenters. The largest absolute Gasteiger partial charge is 0.338 e. The molecule has 0 radical (unpaired) electrons. The Morgan fingerprint density at radius 2 is 1.95 bits per heavy atom. The lowest BCUT2D eigenvalue weighted by molar-refractivity contribution is 0.563. The van der Waals surface area contributed by atoms with Gasteiger partial charge in [0.2, 0.25) is 0 Å². The zero-order valence-corrected chi connectivity index (χ0v) is 13.5. The molecular weight excluding hydrogens is 302 g/mol. The van der Waals surface area contributed by atoms with E-state index < -0.39 is 0 Å². The van der Waals surface area contributed by atoms with Crippen LogP contribution >= 0.6 is 15.9 Å². The summed E-state index contributed by atoms with van der Waals surface area (Å²) in [7, 11) is 4.04. The summed E-state index contributed by atoms with van der Waals surface area (Å²) in [4.78, 5) is 4.41. The van der Waals surface area contributed by atoms with Crippen molar-refractivity contribution in [2.45, 2.75) is 26.3 Å². The van der Waals surface area contributed by atoms with Crippen molar-refractivity contribution in [2.75, 3.05) is 7.05 Å². The van der Waals surface area contributed by atoms with Gasteiger partial charge in [0.1, 0.15) is 5.82 Å². The van der Waals surface area contributed by atoms with E-state index in [1.165, 1.54) is 21.2 Å². The number of nitrogens with zero attached hydrogens (tertiary/aromatic N) is 2. The lowest BCUT2D eigenvalue weighted by Crippen LogP contribution is -2.20. The van der Waals surface area contributed by atoms with Crippen molar-refractivity contribution in [3.05, 3.63) is 51.5 Å². The number of halogens is 1. The smallest absolute Gasteiger partial charge is 0.110 e. The van der Waals surface area contributed by atoms with Gasteiger partial charge in [-0.3, -0.25) is 0 Å². The van der Waals surface area contributed by atoms with Gasteiger partial charge in [-0.2, -0.15) is 0 Å². The van der Waals surface area contributed by atoms with Gasteiger partial charge in [-0.15, -0.1) is 0 Å². The maximum absolute atomic E-state index is 4.41. The minimum atomic E-state index is 0.284. The predicted molar refractivity (Wildman–Crippen MR) is 82.3 cm³/mol. The summed E-state index contributed by atoms with van der Waals surface area (Å²) in [6.45, 7) is 4.27. The molecule has 1 aromatic heterocycles. The Morgan fingerprint density at radius 1 is 1.32 bits per heavy atom. The van der Waals surface area contributed by atoms with E-state index in [9.17, 15) is 0 Å². The van der Waals surface area contributed by atoms with Crippen molar-refractivity contribution >= 4 is 15.9 Å². The minimum absolute atomic E-state index is 0.284. The fourth-order valence-electron chi connectivity index (χ4n) is 2.34. The Labute approximate surface area is 123 Å². The van der Waals surface area contributed by atoms with E-state index in [2.05, 4.69) is 56.8 Å². The zero-order chi connectivity index (χ0) is 14.0. The Hall–Kier alpha value is -1.13. The first-order chi connectivity index (χ1) is 9.02. The molecule has 3 nitrogen and oxygen atoms in total. The number of nitrogens with one attached hydrogen (secondary N) is 1. The zero-order valence-electron chi connectivity index (χ0n) is 11.9. The van der Waals surface area contributed by atoms with Gasteiger partial charge in [0.05, 0.1) is 0 Å². The molecule has 0 spiro atoms. The van der Waals surface area contributed by atoms with Crippen molar-refractivity contribution in [3.63, 3.8) is 0 Å². The molecule has 0 aliphatic rings. The molecule has 1 aromatic carbocycles. The summed E-state index contributed by atoms with van der Waals surface area (Å²) >= 11 is 3.62. The molecular formula is C15H20BrN3. The lowest BCUT2D eigenvalue weighted by atomic mass is 9.99. The molecule has 0 aliphatic heterocycles. The quantitative estimate of drug-likeness (QED) is 0.936. The van der Waals surface area contributed by atoms with Crippen LogP contribution in [0.25, 0.3) is 0 Å². The number of hydrogen-bond acceptors (Lipinski definition) is 2. The van der Waals surface area contributed by atoms with Gasteiger partial charge in [0, 0.05) is 36.4 Å². The molecule has 1 heterocycles. The van der Waals surface area contributed by atoms with Gasteiger partial charge in [0.25, 0.3) is 0 Å². The molecule has 19 heavy (non-hydrogen) atoms. The van der Waals surface area contributed by atoms with Crippen LogP contribution in [0.15, 0.2) is 29.0 Å². The SMILES string of the molecule is CNC(Cc1nccn1C)c1cc(C)c(Br)c(C)c1. The number of likely N-dealkylation sites (N-methyl/N-ethyl adjacent to an activating group) is 1. The van der Waals surface area contributed by atoms with Crippen LogP contribution < -0.4 is 5.32 Å². The monoisotopic (exact) mass is 321 g/mol. The van der Waals surface area contributed by atoms with E-state index in [1.807, 2.05) is 26.5 Å². The Morgan fingerprint density at radius 3 is 2.42 bits per heavy atom. The number of benzene rings is 1. The van der Waals surface area contributed by atoms with E-state index >= 15 is 0 Å². The third-order valence-corrected chi connectivity index (χ3v) is 4.77. The third-order valence-electron chi connectivity index (χ3n) is 3.52. The Balaban J connectivity index is 2.30. The number of aryl methyl sites for hydroxylation is 3. The standard InChI is InChI=1S/C15H20BrN3/c1-10-7-12(8-11(2)15(10)16)13(17-3)9-14-18-5-6-19(14)4/h5-8,13,17H,9H2,1-4H3. The van der Waals surface area contributed by atoms with Crippen molar-refractivity contribution in [2.24, 2.45) is 7.05 Å². The van der Waals surface area contributed by atoms with Crippen molar-refractivity contribution in [1.29, 1.82) is 0 Å². The van der Waals surface area contributed by atoms with Crippen LogP contribution in [0.5, 0.6) is 0 Å². The predicted octanol–water partition coefficient (Wildman–Crippen LogP) is 3.30. The lowest BCUT2D eigenvalue weighted by Gasteiger charge is -2.18. The van der Waals surface area contributed by atoms with Crippen LogP contribution in [-0.2, 0) is 13.5 Å². The number of aromatic nitrogens is 2. The second kappa shape index (κ2) is 5.88. The normalized spacial score (nSPS) is 12.7. The maximum Gasteiger partial charge on any atom is 0.110 e. The van der Waals surface area contributed by atoms with Crippen LogP contribution in [0.3, 0.4) is 0 Å². The molecule has 4 heteroatoms. The molecule has 102 valence electrons. The number of rotatable bonds is 4. The molecule has 0 saturated heterocycles. The van der Waals surface area contributed by atoms with E-state index in [4.69, 9.17) is 0 Å². The first-order valence-corrected chi connectivity index (χ1v) is 7.22. The highest BCUT2D eigenvalue weighted by Crippen LogP contribution is 2.26. The molecule has 0 bridgehead atoms. The van der Waals surface area contributed by atoms with E-state index in [1.54, 1.807) is 0 Å². The second-order valence-electron chi connectivity index (χ2n) is 4.97. The Bertz CT molecular complexity index is 552. The van der Waals surface area contributed by atoms with Crippen LogP contribution in [0.4, 0.5) is 0 Å². The molecule has 0 aliphatic carbocycles. The van der Waals surface area contributed by atoms with Gasteiger partial charge in [0.15, 0.2) is 0 Å². The van der Waals surface area contributed by atoms with Crippen LogP contribution in [0, 0.1) is 13.8 Å². The second-order valence-corrected chi connectivity index (χ2v) is 5.76. The van der Waals surface area contributed by atoms with Gasteiger partial charge in [-0.1, -0.05) is 28.1 Å². The minimum Gasteiger partial charge on any atom is -0.338 e. The first kappa shape index (κ1) is 14.3. The van der Waals surface area contributed by atoms with Gasteiger partial charge in [-0.05, 0) is 37.6 Å². The molecule has 2 rings (SSSR count). The summed E-state index contributed by atoms with van der Waals surface area (Å²) in [6, 6.07) is 4.76. The summed E-state index contributed by atoms with van der Waals surface area (Å²) < 4.78 is 3.27. The first-order valence-electron chi connectivity index (χ1n) is 6.43. The third kappa shape index (κ3) is 3.07. The molecule has 1 N–H and O–H groups in total. The van der Waals surface area contributed by atoms with Crippen LogP contribution in [0.2, 0.25) is 0 Å². The molecule has 1 atom stereocenters. The van der Waals surface area contributed by atoms with E-state index in [0.29, 0.717) is 0 Å². The van der Waals surface area contributed by atoms with Crippen LogP contribution in [-0.4, -0.2) is 16.6 Å². The van der Waals surface area contributed by atoms with Gasteiger partial charge >= 0.3 is 0 Å². The highest BCUT2D eigenvalue weighted by Gasteiger charge is 2.14. The summed E-state index contributed by atoms with van der Waals surface area (Å²) in [5.41, 5.74) is 3.86. The average molecular weight is 322 g/mol. The summed E-state index contributed by atoms with van der Waals surface area (Å²) in [5, 5.41) is 3.39. The molecule has 2 aromatic rings. The van der Waals surface area contributed by atoms with Crippen molar-refractivity contribution in [3.8, 4) is 0 Å². The molecule has 0 fully saturated rings. The maximum atomic E-state index is 4.41. The topological polar surface area (TPSA) is 29.9 Å². The van der Waals surface area contributed by atoms with Gasteiger partial charge < -0.3 is 9.88 Å². The van der Waals surface area contributed by atoms with E-state index in [0.717, 1.165) is 12.2 Å². The van der Waals surface area contributed by atoms with Gasteiger partial charge in [-0.25, -0.2) is 4.98 Å². The molecule has 0 amide bonds. The fourth-order valence-corrected chi connectivity index (χ4v) is 2.57. The fraction of sp³-hybridized carbons (Fsp3) is 0.400. The summed E-state index contributed by atoms with van der Waals surface area (Å²) in [5.74, 6) is 1.09. The van der Waals surface area contributed by atoms with Crippen LogP contribution in [0.1, 0.15) is 28.6 Å². The number of imidazole rings is 1. The Kier molecular flexibility index (Phi) is 4.42. The van der Waals surface area contributed by atoms with E-state index in [-0.39, 0.29) is 6.04 Å². The highest BCUT2D eigenvalue weighted by molar-refractivity contribution is 9.10.